The standard InChI is InChI=1S/2C21H32O6P2/c2*1-2-3-4-5-6-7-8-9-10-11-12-14-19-15-13-16-20(17-19)18-21(28(22,23)24)29(25,26)27/h2*13,15-18H,2-11H2,1H3,(H2,22,23,24)(H2,25,26,27). The highest BCUT2D eigenvalue weighted by molar-refractivity contribution is 7.77. The van der Waals surface area contributed by atoms with Crippen LogP contribution in [0, 0.1) is 23.7 Å². The summed E-state index contributed by atoms with van der Waals surface area (Å²) >= 11 is 0. The van der Waals surface area contributed by atoms with E-state index < -0.39 is 40.5 Å². The fourth-order valence-corrected chi connectivity index (χ4v) is 9.75. The van der Waals surface area contributed by atoms with Crippen LogP contribution in [-0.4, -0.2) is 39.1 Å². The molecule has 2 aromatic carbocycles. The van der Waals surface area contributed by atoms with E-state index in [2.05, 4.69) is 37.5 Å². The Balaban J connectivity index is 0.000000580. The number of rotatable bonds is 24. The van der Waals surface area contributed by atoms with Gasteiger partial charge in [0, 0.05) is 24.0 Å². The zero-order valence-corrected chi connectivity index (χ0v) is 37.5. The SMILES string of the molecule is CCCCCCCCCCCC#Cc1cccc(C=C(P(=O)(O)O)P(=O)(O)O)c1.CCCCCCCCCCCC#Cc1cccc(C=C(P(=O)(O)O)P(=O)(O)O)c1. The smallest absolute Gasteiger partial charge is 0.321 e. The zero-order valence-electron chi connectivity index (χ0n) is 33.9. The van der Waals surface area contributed by atoms with Crippen LogP contribution in [0.5, 0.6) is 0 Å². The molecule has 0 atom stereocenters. The third-order valence-electron chi connectivity index (χ3n) is 8.83. The Morgan fingerprint density at radius 2 is 0.724 bits per heavy atom. The number of hydrogen-bond donors (Lipinski definition) is 8. The molecular weight excluding hydrogens is 820 g/mol. The average molecular weight is 885 g/mol. The molecule has 0 aliphatic carbocycles. The number of hydrogen-bond acceptors (Lipinski definition) is 4. The molecule has 0 saturated heterocycles. The molecule has 0 bridgehead atoms. The van der Waals surface area contributed by atoms with Crippen molar-refractivity contribution in [1.82, 2.24) is 0 Å². The lowest BCUT2D eigenvalue weighted by atomic mass is 10.1. The van der Waals surface area contributed by atoms with E-state index in [-0.39, 0.29) is 11.1 Å². The van der Waals surface area contributed by atoms with E-state index in [1.54, 1.807) is 36.4 Å². The molecule has 0 heterocycles. The minimum atomic E-state index is -5.06. The predicted molar refractivity (Wildman–Crippen MR) is 234 cm³/mol. The first-order valence-corrected chi connectivity index (χ1v) is 26.6. The van der Waals surface area contributed by atoms with Crippen LogP contribution in [0.4, 0.5) is 0 Å². The van der Waals surface area contributed by atoms with E-state index >= 15 is 0 Å². The van der Waals surface area contributed by atoms with Crippen molar-refractivity contribution in [2.75, 3.05) is 0 Å². The van der Waals surface area contributed by atoms with Crippen molar-refractivity contribution in [2.24, 2.45) is 0 Å². The molecule has 16 heteroatoms. The van der Waals surface area contributed by atoms with Crippen LogP contribution < -0.4 is 0 Å². The summed E-state index contributed by atoms with van der Waals surface area (Å²) in [5.74, 6) is 12.2. The Morgan fingerprint density at radius 3 is 1.00 bits per heavy atom. The van der Waals surface area contributed by atoms with Crippen molar-refractivity contribution in [2.45, 2.75) is 142 Å². The van der Waals surface area contributed by atoms with Gasteiger partial charge < -0.3 is 39.1 Å². The van der Waals surface area contributed by atoms with E-state index in [0.717, 1.165) is 50.7 Å². The Labute approximate surface area is 345 Å². The molecule has 0 unspecified atom stereocenters. The summed E-state index contributed by atoms with van der Waals surface area (Å²) in [5.41, 5.74) is 1.82. The largest absolute Gasteiger partial charge is 0.364 e. The fraction of sp³-hybridized carbons (Fsp3) is 0.524. The lowest BCUT2D eigenvalue weighted by Gasteiger charge is -2.11. The zero-order chi connectivity index (χ0) is 43.5. The van der Waals surface area contributed by atoms with Gasteiger partial charge in [-0.05, 0) is 60.4 Å². The van der Waals surface area contributed by atoms with Gasteiger partial charge in [-0.3, -0.25) is 18.3 Å². The summed E-state index contributed by atoms with van der Waals surface area (Å²) in [6, 6.07) is 12.9. The lowest BCUT2D eigenvalue weighted by molar-refractivity contribution is 0.363. The molecule has 0 aromatic heterocycles. The van der Waals surface area contributed by atoms with Gasteiger partial charge in [-0.2, -0.15) is 0 Å². The highest BCUT2D eigenvalue weighted by Crippen LogP contribution is 2.65. The Morgan fingerprint density at radius 1 is 0.448 bits per heavy atom. The van der Waals surface area contributed by atoms with Crippen LogP contribution in [-0.2, 0) is 18.3 Å². The molecular formula is C42H64O12P4. The van der Waals surface area contributed by atoms with Crippen LogP contribution in [0.2, 0.25) is 0 Å². The van der Waals surface area contributed by atoms with Crippen molar-refractivity contribution >= 4 is 42.5 Å². The summed E-state index contributed by atoms with van der Waals surface area (Å²) in [4.78, 5) is 73.5. The van der Waals surface area contributed by atoms with Crippen LogP contribution in [0.25, 0.3) is 12.2 Å². The second-order valence-electron chi connectivity index (χ2n) is 14.2. The maximum atomic E-state index is 11.4. The summed E-state index contributed by atoms with van der Waals surface area (Å²) in [7, 11) is -20.3. The third-order valence-corrected chi connectivity index (χ3v) is 14.9. The van der Waals surface area contributed by atoms with Gasteiger partial charge in [0.1, 0.15) is 0 Å². The molecule has 0 spiro atoms. The van der Waals surface area contributed by atoms with Gasteiger partial charge in [-0.25, -0.2) is 0 Å². The summed E-state index contributed by atoms with van der Waals surface area (Å²) in [6.45, 7) is 4.44. The summed E-state index contributed by atoms with van der Waals surface area (Å²) in [5, 5.41) is -2.38. The second kappa shape index (κ2) is 29.0. The van der Waals surface area contributed by atoms with Crippen molar-refractivity contribution in [3.8, 4) is 23.7 Å². The van der Waals surface area contributed by atoms with Crippen LogP contribution in [0.3, 0.4) is 0 Å². The van der Waals surface area contributed by atoms with Crippen LogP contribution in [0.15, 0.2) is 58.6 Å². The second-order valence-corrected chi connectivity index (χ2v) is 21.2. The van der Waals surface area contributed by atoms with E-state index in [0.29, 0.717) is 11.1 Å². The van der Waals surface area contributed by atoms with Gasteiger partial charge in [-0.1, -0.05) is 165 Å². The van der Waals surface area contributed by atoms with Gasteiger partial charge in [0.05, 0.1) is 0 Å². The Bertz CT molecular complexity index is 1710. The quantitative estimate of drug-likeness (QED) is 0.0280. The molecule has 0 fully saturated rings. The summed E-state index contributed by atoms with van der Waals surface area (Å²) < 4.78 is 45.4. The van der Waals surface area contributed by atoms with E-state index in [9.17, 15) is 57.4 Å². The lowest BCUT2D eigenvalue weighted by Crippen LogP contribution is -1.89. The molecule has 2 rings (SSSR count). The van der Waals surface area contributed by atoms with Gasteiger partial charge in [0.25, 0.3) is 0 Å². The van der Waals surface area contributed by atoms with E-state index in [4.69, 9.17) is 0 Å². The molecule has 0 aliphatic rings. The minimum Gasteiger partial charge on any atom is -0.321 e. The normalized spacial score (nSPS) is 11.6. The average Bonchev–Trinajstić information content (AvgIpc) is 3.13. The molecule has 2 aromatic rings. The third kappa shape index (κ3) is 26.0. The fourth-order valence-electron chi connectivity index (χ4n) is 5.76. The van der Waals surface area contributed by atoms with E-state index in [1.165, 1.54) is 102 Å². The maximum absolute atomic E-state index is 11.4. The molecule has 324 valence electrons. The van der Waals surface area contributed by atoms with Crippen molar-refractivity contribution in [1.29, 1.82) is 0 Å². The monoisotopic (exact) mass is 884 g/mol. The van der Waals surface area contributed by atoms with Crippen molar-refractivity contribution in [3.63, 3.8) is 0 Å². The first kappa shape index (κ1) is 53.7. The Hall–Kier alpha value is -2.36. The van der Waals surface area contributed by atoms with Gasteiger partial charge in [-0.15, -0.1) is 0 Å². The van der Waals surface area contributed by atoms with Gasteiger partial charge >= 0.3 is 30.4 Å². The van der Waals surface area contributed by atoms with Crippen molar-refractivity contribution < 1.29 is 57.4 Å². The Kier molecular flexibility index (Phi) is 26.8. The maximum Gasteiger partial charge on any atom is 0.364 e. The highest BCUT2D eigenvalue weighted by Gasteiger charge is 2.37. The first-order valence-electron chi connectivity index (χ1n) is 20.1. The van der Waals surface area contributed by atoms with Gasteiger partial charge in [0.15, 0.2) is 10.1 Å². The molecule has 0 saturated carbocycles. The molecule has 0 amide bonds. The number of unbranched alkanes of at least 4 members (excludes halogenated alkanes) is 18. The molecule has 0 aliphatic heterocycles. The van der Waals surface area contributed by atoms with E-state index in [1.807, 2.05) is 0 Å². The number of benzene rings is 2. The highest BCUT2D eigenvalue weighted by atomic mass is 31.2. The first-order chi connectivity index (χ1) is 27.3. The topological polar surface area (TPSA) is 230 Å². The van der Waals surface area contributed by atoms with Gasteiger partial charge in [0.2, 0.25) is 0 Å². The molecule has 8 N–H and O–H groups in total. The van der Waals surface area contributed by atoms with Crippen molar-refractivity contribution in [3.05, 3.63) is 80.9 Å². The molecule has 12 nitrogen and oxygen atoms in total. The molecule has 58 heavy (non-hydrogen) atoms. The van der Waals surface area contributed by atoms with Crippen LogP contribution in [0.1, 0.15) is 165 Å². The summed E-state index contributed by atoms with van der Waals surface area (Å²) in [6.07, 6.45) is 25.7. The van der Waals surface area contributed by atoms with Crippen LogP contribution >= 0.6 is 30.4 Å². The molecule has 0 radical (unpaired) electrons. The minimum absolute atomic E-state index is 0.279. The predicted octanol–water partition coefficient (Wildman–Crippen LogP) is 11.2.